The first kappa shape index (κ1) is 18.9. The summed E-state index contributed by atoms with van der Waals surface area (Å²) in [6, 6.07) is 11.7. The van der Waals surface area contributed by atoms with Gasteiger partial charge in [-0.25, -0.2) is 0 Å². The van der Waals surface area contributed by atoms with Crippen molar-refractivity contribution in [2.45, 2.75) is 25.5 Å². The summed E-state index contributed by atoms with van der Waals surface area (Å²) in [6.45, 7) is 2.55. The van der Waals surface area contributed by atoms with Gasteiger partial charge in [-0.3, -0.25) is 9.69 Å². The second-order valence-corrected chi connectivity index (χ2v) is 7.64. The number of piperidine rings is 1. The molecule has 1 fully saturated rings. The number of ether oxygens (including phenoxy) is 1. The number of likely N-dealkylation sites (tertiary alicyclic amines) is 1. The van der Waals surface area contributed by atoms with Crippen LogP contribution in [0, 0.1) is 5.92 Å². The predicted molar refractivity (Wildman–Crippen MR) is 103 cm³/mol. The number of nitrogens with zero attached hydrogens (tertiary/aromatic N) is 1. The van der Waals surface area contributed by atoms with Crippen LogP contribution in [0.4, 0.5) is 0 Å². The van der Waals surface area contributed by atoms with Crippen LogP contribution in [0.15, 0.2) is 41.8 Å². The van der Waals surface area contributed by atoms with E-state index in [9.17, 15) is 9.90 Å². The van der Waals surface area contributed by atoms with Gasteiger partial charge < -0.3 is 15.2 Å². The van der Waals surface area contributed by atoms with Gasteiger partial charge in [-0.05, 0) is 49.4 Å². The molecule has 2 aromatic rings. The first-order valence-corrected chi connectivity index (χ1v) is 9.87. The van der Waals surface area contributed by atoms with E-state index in [0.717, 1.165) is 42.1 Å². The van der Waals surface area contributed by atoms with Gasteiger partial charge >= 0.3 is 0 Å². The molecule has 1 unspecified atom stereocenters. The monoisotopic (exact) mass is 374 g/mol. The minimum Gasteiger partial charge on any atom is -0.496 e. The van der Waals surface area contributed by atoms with Crippen LogP contribution in [0.2, 0.25) is 0 Å². The Morgan fingerprint density at radius 2 is 2.08 bits per heavy atom. The van der Waals surface area contributed by atoms with Crippen molar-refractivity contribution in [2.24, 2.45) is 5.92 Å². The highest BCUT2D eigenvalue weighted by molar-refractivity contribution is 7.10. The van der Waals surface area contributed by atoms with E-state index in [0.29, 0.717) is 13.1 Å². The number of carbonyl (C=O) groups is 1. The van der Waals surface area contributed by atoms with E-state index in [2.05, 4.69) is 10.2 Å². The van der Waals surface area contributed by atoms with Crippen molar-refractivity contribution in [3.8, 4) is 5.75 Å². The molecule has 1 amide bonds. The lowest BCUT2D eigenvalue weighted by Crippen LogP contribution is -2.42. The first-order chi connectivity index (χ1) is 12.7. The third-order valence-corrected chi connectivity index (χ3v) is 5.89. The fourth-order valence-electron chi connectivity index (χ4n) is 3.42. The number of benzene rings is 1. The molecular formula is C20H26N2O3S. The Morgan fingerprint density at radius 3 is 2.77 bits per heavy atom. The van der Waals surface area contributed by atoms with Crippen molar-refractivity contribution in [1.82, 2.24) is 10.2 Å². The van der Waals surface area contributed by atoms with Crippen molar-refractivity contribution in [3.63, 3.8) is 0 Å². The van der Waals surface area contributed by atoms with E-state index in [1.165, 1.54) is 0 Å². The summed E-state index contributed by atoms with van der Waals surface area (Å²) in [5.41, 5.74) is 0.973. The molecule has 1 aromatic heterocycles. The van der Waals surface area contributed by atoms with E-state index in [1.807, 2.05) is 41.8 Å². The van der Waals surface area contributed by atoms with Crippen molar-refractivity contribution in [2.75, 3.05) is 26.7 Å². The third kappa shape index (κ3) is 4.84. The Labute approximate surface area is 158 Å². The van der Waals surface area contributed by atoms with Crippen LogP contribution < -0.4 is 10.1 Å². The summed E-state index contributed by atoms with van der Waals surface area (Å²) in [5.74, 6) is 1.09. The van der Waals surface area contributed by atoms with Gasteiger partial charge in [-0.2, -0.15) is 0 Å². The number of hydrogen-bond donors (Lipinski definition) is 2. The molecule has 1 aliphatic rings. The second-order valence-electron chi connectivity index (χ2n) is 6.66. The maximum absolute atomic E-state index is 12.2. The number of aliphatic hydroxyl groups is 1. The Morgan fingerprint density at radius 1 is 1.31 bits per heavy atom. The van der Waals surface area contributed by atoms with Gasteiger partial charge in [0.15, 0.2) is 0 Å². The summed E-state index contributed by atoms with van der Waals surface area (Å²) in [4.78, 5) is 15.4. The molecule has 2 heterocycles. The standard InChI is InChI=1S/C20H26N2O3S/c1-25-17-6-3-2-5-16(17)13-21-19(23)14-22-10-8-15(9-11-22)20(24)18-7-4-12-26-18/h2-7,12,15,20,24H,8-11,13-14H2,1H3,(H,21,23). The van der Waals surface area contributed by atoms with Crippen LogP contribution in [0.5, 0.6) is 5.75 Å². The number of hydrogen-bond acceptors (Lipinski definition) is 5. The van der Waals surface area contributed by atoms with E-state index >= 15 is 0 Å². The molecule has 0 aliphatic carbocycles. The Kier molecular flexibility index (Phi) is 6.66. The number of rotatable bonds is 7. The first-order valence-electron chi connectivity index (χ1n) is 9.00. The van der Waals surface area contributed by atoms with Crippen molar-refractivity contribution in [1.29, 1.82) is 0 Å². The van der Waals surface area contributed by atoms with Crippen LogP contribution in [0.1, 0.15) is 29.4 Å². The van der Waals surface area contributed by atoms with Gasteiger partial charge in [0.25, 0.3) is 0 Å². The topological polar surface area (TPSA) is 61.8 Å². The van der Waals surface area contributed by atoms with Crippen LogP contribution in [-0.2, 0) is 11.3 Å². The molecule has 2 N–H and O–H groups in total. The number of carbonyl (C=O) groups excluding carboxylic acids is 1. The fourth-order valence-corrected chi connectivity index (χ4v) is 4.22. The quantitative estimate of drug-likeness (QED) is 0.782. The summed E-state index contributed by atoms with van der Waals surface area (Å²) < 4.78 is 5.31. The zero-order valence-electron chi connectivity index (χ0n) is 15.1. The normalized spacial score (nSPS) is 17.0. The molecule has 1 saturated heterocycles. The minimum absolute atomic E-state index is 0.0214. The predicted octanol–water partition coefficient (Wildman–Crippen LogP) is 2.82. The molecule has 0 bridgehead atoms. The Bertz CT molecular complexity index is 697. The maximum Gasteiger partial charge on any atom is 0.234 e. The molecule has 6 heteroatoms. The van der Waals surface area contributed by atoms with Gasteiger partial charge in [-0.1, -0.05) is 24.3 Å². The SMILES string of the molecule is COc1ccccc1CNC(=O)CN1CCC(C(O)c2cccs2)CC1. The molecule has 3 rings (SSSR count). The van der Waals surface area contributed by atoms with Crippen LogP contribution in [0.25, 0.3) is 0 Å². The molecule has 26 heavy (non-hydrogen) atoms. The van der Waals surface area contributed by atoms with Gasteiger partial charge in [0, 0.05) is 17.0 Å². The van der Waals surface area contributed by atoms with E-state index in [4.69, 9.17) is 4.74 Å². The molecule has 140 valence electrons. The summed E-state index contributed by atoms with van der Waals surface area (Å²) in [6.07, 6.45) is 1.45. The number of aliphatic hydroxyl groups excluding tert-OH is 1. The number of nitrogens with one attached hydrogen (secondary N) is 1. The van der Waals surface area contributed by atoms with E-state index < -0.39 is 0 Å². The summed E-state index contributed by atoms with van der Waals surface area (Å²) in [5, 5.41) is 15.4. The minimum atomic E-state index is -0.378. The van der Waals surface area contributed by atoms with Crippen molar-refractivity contribution >= 4 is 17.2 Å². The molecular weight excluding hydrogens is 348 g/mol. The summed E-state index contributed by atoms with van der Waals surface area (Å²) in [7, 11) is 1.63. The average molecular weight is 375 g/mol. The summed E-state index contributed by atoms with van der Waals surface area (Å²) >= 11 is 1.61. The molecule has 1 aliphatic heterocycles. The number of para-hydroxylation sites is 1. The average Bonchev–Trinajstić information content (AvgIpc) is 3.21. The fraction of sp³-hybridized carbons (Fsp3) is 0.450. The van der Waals surface area contributed by atoms with E-state index in [-0.39, 0.29) is 17.9 Å². The number of methoxy groups -OCH3 is 1. The molecule has 0 saturated carbocycles. The van der Waals surface area contributed by atoms with Gasteiger partial charge in [-0.15, -0.1) is 11.3 Å². The molecule has 1 aromatic carbocycles. The van der Waals surface area contributed by atoms with Crippen molar-refractivity contribution in [3.05, 3.63) is 52.2 Å². The zero-order valence-corrected chi connectivity index (χ0v) is 15.9. The van der Waals surface area contributed by atoms with E-state index in [1.54, 1.807) is 18.4 Å². The lowest BCUT2D eigenvalue weighted by molar-refractivity contribution is -0.122. The molecule has 5 nitrogen and oxygen atoms in total. The molecule has 0 spiro atoms. The molecule has 0 radical (unpaired) electrons. The maximum atomic E-state index is 12.2. The van der Waals surface area contributed by atoms with Crippen LogP contribution >= 0.6 is 11.3 Å². The highest BCUT2D eigenvalue weighted by atomic mass is 32.1. The Hall–Kier alpha value is -1.89. The zero-order chi connectivity index (χ0) is 18.4. The number of thiophene rings is 1. The van der Waals surface area contributed by atoms with Crippen LogP contribution in [0.3, 0.4) is 0 Å². The highest BCUT2D eigenvalue weighted by Crippen LogP contribution is 2.32. The van der Waals surface area contributed by atoms with Crippen LogP contribution in [-0.4, -0.2) is 42.7 Å². The van der Waals surface area contributed by atoms with Gasteiger partial charge in [0.05, 0.1) is 19.8 Å². The smallest absolute Gasteiger partial charge is 0.234 e. The van der Waals surface area contributed by atoms with Gasteiger partial charge in [0.1, 0.15) is 5.75 Å². The lowest BCUT2D eigenvalue weighted by atomic mass is 9.90. The third-order valence-electron chi connectivity index (χ3n) is 4.95. The van der Waals surface area contributed by atoms with Gasteiger partial charge in [0.2, 0.25) is 5.91 Å². The highest BCUT2D eigenvalue weighted by Gasteiger charge is 2.27. The number of amides is 1. The largest absolute Gasteiger partial charge is 0.496 e. The molecule has 1 atom stereocenters. The lowest BCUT2D eigenvalue weighted by Gasteiger charge is -2.33. The van der Waals surface area contributed by atoms with Crippen molar-refractivity contribution < 1.29 is 14.6 Å². The second kappa shape index (κ2) is 9.16. The Balaban J connectivity index is 1.42.